The van der Waals surface area contributed by atoms with E-state index in [1.54, 1.807) is 7.11 Å². The molecule has 2 N–H and O–H groups in total. The van der Waals surface area contributed by atoms with Crippen LogP contribution in [0.5, 0.6) is 0 Å². The average Bonchev–Trinajstić information content (AvgIpc) is 3.11. The van der Waals surface area contributed by atoms with Gasteiger partial charge in [0.15, 0.2) is 0 Å². The van der Waals surface area contributed by atoms with E-state index in [9.17, 15) is 4.79 Å². The van der Waals surface area contributed by atoms with Gasteiger partial charge in [0.25, 0.3) is 0 Å². The number of nitrogens with zero attached hydrogens (tertiary/aromatic N) is 1. The van der Waals surface area contributed by atoms with Gasteiger partial charge in [-0.05, 0) is 32.6 Å². The molecule has 1 rings (SSSR count). The molecule has 0 bridgehead atoms. The van der Waals surface area contributed by atoms with Crippen LogP contribution in [0.1, 0.15) is 33.6 Å². The van der Waals surface area contributed by atoms with Crippen molar-refractivity contribution in [1.29, 1.82) is 0 Å². The summed E-state index contributed by atoms with van der Waals surface area (Å²) in [5.74, 6) is 0.723. The smallest absolute Gasteiger partial charge is 0.227 e. The summed E-state index contributed by atoms with van der Waals surface area (Å²) in [6.45, 7) is 7.20. The second-order valence-corrected chi connectivity index (χ2v) is 5.25. The third-order valence-corrected chi connectivity index (χ3v) is 3.79. The quantitative estimate of drug-likeness (QED) is 0.731. The van der Waals surface area contributed by atoms with Crippen LogP contribution in [0.4, 0.5) is 0 Å². The first-order valence-corrected chi connectivity index (χ1v) is 6.54. The predicted molar refractivity (Wildman–Crippen MR) is 68.6 cm³/mol. The average molecular weight is 242 g/mol. The molecule has 3 unspecified atom stereocenters. The van der Waals surface area contributed by atoms with E-state index in [1.807, 2.05) is 18.7 Å². The van der Waals surface area contributed by atoms with E-state index >= 15 is 0 Å². The zero-order chi connectivity index (χ0) is 13.0. The highest BCUT2D eigenvalue weighted by atomic mass is 16.5. The van der Waals surface area contributed by atoms with Crippen molar-refractivity contribution < 1.29 is 9.53 Å². The fourth-order valence-corrected chi connectivity index (χ4v) is 2.02. The van der Waals surface area contributed by atoms with Gasteiger partial charge in [0, 0.05) is 25.7 Å². The van der Waals surface area contributed by atoms with Crippen molar-refractivity contribution in [2.45, 2.75) is 45.7 Å². The lowest BCUT2D eigenvalue weighted by Crippen LogP contribution is -2.47. The van der Waals surface area contributed by atoms with E-state index in [2.05, 4.69) is 6.92 Å². The number of amides is 1. The van der Waals surface area contributed by atoms with Crippen LogP contribution in [-0.4, -0.2) is 43.2 Å². The molecule has 100 valence electrons. The molecule has 1 aliphatic carbocycles. The molecule has 0 aliphatic heterocycles. The molecule has 0 radical (unpaired) electrons. The molecule has 1 saturated carbocycles. The second-order valence-electron chi connectivity index (χ2n) is 5.25. The van der Waals surface area contributed by atoms with Crippen molar-refractivity contribution in [3.63, 3.8) is 0 Å². The monoisotopic (exact) mass is 242 g/mol. The molecule has 1 fully saturated rings. The Bertz CT molecular complexity index is 252. The number of rotatable bonds is 7. The minimum atomic E-state index is -0.118. The molecule has 0 aromatic heterocycles. The summed E-state index contributed by atoms with van der Waals surface area (Å²) in [6.07, 6.45) is 2.48. The van der Waals surface area contributed by atoms with Crippen molar-refractivity contribution in [2.75, 3.05) is 20.3 Å². The summed E-state index contributed by atoms with van der Waals surface area (Å²) in [5, 5.41) is 0. The lowest BCUT2D eigenvalue weighted by atomic mass is 10.0. The number of hydrogen-bond donors (Lipinski definition) is 1. The number of methoxy groups -OCH3 is 1. The van der Waals surface area contributed by atoms with Crippen molar-refractivity contribution >= 4 is 5.91 Å². The maximum absolute atomic E-state index is 12.4. The third kappa shape index (κ3) is 3.96. The van der Waals surface area contributed by atoms with Crippen LogP contribution in [0.25, 0.3) is 0 Å². The van der Waals surface area contributed by atoms with Crippen LogP contribution in [0.2, 0.25) is 0 Å². The summed E-state index contributed by atoms with van der Waals surface area (Å²) in [5.41, 5.74) is 5.82. The van der Waals surface area contributed by atoms with Gasteiger partial charge in [0.2, 0.25) is 5.91 Å². The Morgan fingerprint density at radius 1 is 1.41 bits per heavy atom. The van der Waals surface area contributed by atoms with E-state index < -0.39 is 0 Å². The Hall–Kier alpha value is -0.610. The zero-order valence-electron chi connectivity index (χ0n) is 11.5. The van der Waals surface area contributed by atoms with Gasteiger partial charge < -0.3 is 15.4 Å². The van der Waals surface area contributed by atoms with E-state index in [4.69, 9.17) is 10.5 Å². The van der Waals surface area contributed by atoms with Crippen LogP contribution >= 0.6 is 0 Å². The fourth-order valence-electron chi connectivity index (χ4n) is 2.02. The Labute approximate surface area is 104 Å². The SMILES string of the molecule is COCCN(C(=O)C(C)C(C)N)C(C)C1CC1. The maximum atomic E-state index is 12.4. The summed E-state index contributed by atoms with van der Waals surface area (Å²) in [7, 11) is 1.67. The van der Waals surface area contributed by atoms with E-state index in [1.165, 1.54) is 12.8 Å². The van der Waals surface area contributed by atoms with E-state index in [-0.39, 0.29) is 17.9 Å². The van der Waals surface area contributed by atoms with Crippen LogP contribution in [0.3, 0.4) is 0 Å². The minimum Gasteiger partial charge on any atom is -0.383 e. The minimum absolute atomic E-state index is 0.0982. The van der Waals surface area contributed by atoms with Crippen LogP contribution in [-0.2, 0) is 9.53 Å². The van der Waals surface area contributed by atoms with Crippen molar-refractivity contribution in [2.24, 2.45) is 17.6 Å². The Morgan fingerprint density at radius 3 is 2.41 bits per heavy atom. The largest absolute Gasteiger partial charge is 0.383 e. The highest BCUT2D eigenvalue weighted by Crippen LogP contribution is 2.35. The highest BCUT2D eigenvalue weighted by molar-refractivity contribution is 5.79. The normalized spacial score (nSPS) is 20.8. The molecule has 4 nitrogen and oxygen atoms in total. The Kier molecular flexibility index (Phi) is 5.40. The molecule has 0 aromatic carbocycles. The van der Waals surface area contributed by atoms with Crippen molar-refractivity contribution in [1.82, 2.24) is 4.90 Å². The lowest BCUT2D eigenvalue weighted by molar-refractivity contribution is -0.138. The zero-order valence-corrected chi connectivity index (χ0v) is 11.5. The molecule has 17 heavy (non-hydrogen) atoms. The molecular formula is C13H26N2O2. The molecule has 1 aliphatic rings. The molecular weight excluding hydrogens is 216 g/mol. The van der Waals surface area contributed by atoms with E-state index in [0.717, 1.165) is 0 Å². The molecule has 0 heterocycles. The summed E-state index contributed by atoms with van der Waals surface area (Å²) >= 11 is 0. The van der Waals surface area contributed by atoms with Gasteiger partial charge in [-0.25, -0.2) is 0 Å². The topological polar surface area (TPSA) is 55.6 Å². The molecule has 3 atom stereocenters. The first kappa shape index (κ1) is 14.5. The number of ether oxygens (including phenoxy) is 1. The van der Waals surface area contributed by atoms with Gasteiger partial charge in [-0.15, -0.1) is 0 Å². The standard InChI is InChI=1S/C13H26N2O2/c1-9(10(2)14)13(16)15(7-8-17-4)11(3)12-5-6-12/h9-12H,5-8,14H2,1-4H3. The molecule has 1 amide bonds. The maximum Gasteiger partial charge on any atom is 0.227 e. The number of hydrogen-bond acceptors (Lipinski definition) is 3. The van der Waals surface area contributed by atoms with Gasteiger partial charge in [0.1, 0.15) is 0 Å². The van der Waals surface area contributed by atoms with Gasteiger partial charge >= 0.3 is 0 Å². The summed E-state index contributed by atoms with van der Waals surface area (Å²) in [4.78, 5) is 14.3. The number of carbonyl (C=O) groups is 1. The summed E-state index contributed by atoms with van der Waals surface area (Å²) in [6, 6.07) is 0.220. The number of carbonyl (C=O) groups excluding carboxylic acids is 1. The van der Waals surface area contributed by atoms with Crippen LogP contribution in [0.15, 0.2) is 0 Å². The highest BCUT2D eigenvalue weighted by Gasteiger charge is 2.35. The van der Waals surface area contributed by atoms with Crippen molar-refractivity contribution in [3.8, 4) is 0 Å². The predicted octanol–water partition coefficient (Wildman–Crippen LogP) is 1.24. The van der Waals surface area contributed by atoms with E-state index in [0.29, 0.717) is 25.1 Å². The molecule has 0 spiro atoms. The Balaban J connectivity index is 2.63. The lowest BCUT2D eigenvalue weighted by Gasteiger charge is -2.32. The first-order chi connectivity index (χ1) is 7.99. The van der Waals surface area contributed by atoms with Crippen molar-refractivity contribution in [3.05, 3.63) is 0 Å². The second kappa shape index (κ2) is 6.36. The Morgan fingerprint density at radius 2 is 2.00 bits per heavy atom. The van der Waals surface area contributed by atoms with Gasteiger partial charge in [-0.3, -0.25) is 4.79 Å². The number of nitrogens with two attached hydrogens (primary N) is 1. The molecule has 4 heteroatoms. The van der Waals surface area contributed by atoms with Crippen LogP contribution < -0.4 is 5.73 Å². The summed E-state index contributed by atoms with van der Waals surface area (Å²) < 4.78 is 5.09. The van der Waals surface area contributed by atoms with Gasteiger partial charge in [-0.1, -0.05) is 6.92 Å². The first-order valence-electron chi connectivity index (χ1n) is 6.54. The fraction of sp³-hybridized carbons (Fsp3) is 0.923. The van der Waals surface area contributed by atoms with Crippen LogP contribution in [0, 0.1) is 11.8 Å². The third-order valence-electron chi connectivity index (χ3n) is 3.79. The van der Waals surface area contributed by atoms with Gasteiger partial charge in [-0.2, -0.15) is 0 Å². The van der Waals surface area contributed by atoms with Gasteiger partial charge in [0.05, 0.1) is 12.5 Å². The molecule has 0 aromatic rings. The molecule has 0 saturated heterocycles.